The fourth-order valence-electron chi connectivity index (χ4n) is 2.64. The number of esters is 1. The van der Waals surface area contributed by atoms with Crippen LogP contribution in [0.25, 0.3) is 6.08 Å². The summed E-state index contributed by atoms with van der Waals surface area (Å²) in [6.45, 7) is 3.85. The van der Waals surface area contributed by atoms with Crippen LogP contribution in [0.2, 0.25) is 0 Å². The van der Waals surface area contributed by atoms with Crippen molar-refractivity contribution in [1.82, 2.24) is 0 Å². The molecule has 0 spiro atoms. The van der Waals surface area contributed by atoms with E-state index in [-0.39, 0.29) is 17.5 Å². The average molecular weight is 380 g/mol. The second-order valence-corrected chi connectivity index (χ2v) is 5.94. The van der Waals surface area contributed by atoms with E-state index in [2.05, 4.69) is 10.3 Å². The molecule has 0 saturated heterocycles. The molecule has 1 amide bonds. The zero-order chi connectivity index (χ0) is 20.1. The Balaban J connectivity index is 1.84. The minimum absolute atomic E-state index is 0.159. The molecule has 3 rings (SSSR count). The number of benzene rings is 2. The number of ether oxygens (including phenoxy) is 3. The summed E-state index contributed by atoms with van der Waals surface area (Å²) in [5.41, 5.74) is 2.21. The number of methoxy groups -OCH3 is 1. The van der Waals surface area contributed by atoms with Crippen molar-refractivity contribution in [2.45, 2.75) is 13.8 Å². The highest BCUT2D eigenvalue weighted by molar-refractivity contribution is 6.13. The van der Waals surface area contributed by atoms with Crippen molar-refractivity contribution in [2.75, 3.05) is 19.0 Å². The van der Waals surface area contributed by atoms with Crippen LogP contribution >= 0.6 is 0 Å². The zero-order valence-corrected chi connectivity index (χ0v) is 15.8. The Morgan fingerprint density at radius 3 is 2.57 bits per heavy atom. The molecule has 2 aromatic carbocycles. The highest BCUT2D eigenvalue weighted by Gasteiger charge is 2.24. The SMILES string of the molecule is CCOc1ccc(/C=C2/N=C(c3ccc(NC(C)=O)cc3)OC2=O)cc1OC. The van der Waals surface area contributed by atoms with Gasteiger partial charge in [0.2, 0.25) is 11.8 Å². The Labute approximate surface area is 162 Å². The van der Waals surface area contributed by atoms with E-state index < -0.39 is 5.97 Å². The van der Waals surface area contributed by atoms with Crippen molar-refractivity contribution in [3.05, 3.63) is 59.3 Å². The van der Waals surface area contributed by atoms with Gasteiger partial charge in [0.25, 0.3) is 0 Å². The number of carbonyl (C=O) groups excluding carboxylic acids is 2. The third-order valence-electron chi connectivity index (χ3n) is 3.86. The molecule has 0 bridgehead atoms. The molecule has 28 heavy (non-hydrogen) atoms. The highest BCUT2D eigenvalue weighted by Crippen LogP contribution is 2.29. The second-order valence-electron chi connectivity index (χ2n) is 5.94. The van der Waals surface area contributed by atoms with Crippen molar-refractivity contribution in [1.29, 1.82) is 0 Å². The molecular formula is C21H20N2O5. The molecule has 2 aromatic rings. The molecule has 7 nitrogen and oxygen atoms in total. The lowest BCUT2D eigenvalue weighted by molar-refractivity contribution is -0.129. The van der Waals surface area contributed by atoms with Crippen LogP contribution in [0.15, 0.2) is 53.2 Å². The Morgan fingerprint density at radius 1 is 1.18 bits per heavy atom. The van der Waals surface area contributed by atoms with Gasteiger partial charge in [-0.3, -0.25) is 4.79 Å². The molecule has 0 aromatic heterocycles. The van der Waals surface area contributed by atoms with Crippen LogP contribution in [-0.4, -0.2) is 31.5 Å². The van der Waals surface area contributed by atoms with Gasteiger partial charge in [0.15, 0.2) is 17.2 Å². The molecule has 1 heterocycles. The summed E-state index contributed by atoms with van der Waals surface area (Å²) in [7, 11) is 1.56. The first-order valence-electron chi connectivity index (χ1n) is 8.71. The van der Waals surface area contributed by atoms with Crippen LogP contribution in [0.1, 0.15) is 25.0 Å². The highest BCUT2D eigenvalue weighted by atomic mass is 16.6. The van der Waals surface area contributed by atoms with Crippen molar-refractivity contribution in [3.8, 4) is 11.5 Å². The monoisotopic (exact) mass is 380 g/mol. The third-order valence-corrected chi connectivity index (χ3v) is 3.86. The normalized spacial score (nSPS) is 14.5. The third kappa shape index (κ3) is 4.37. The van der Waals surface area contributed by atoms with Gasteiger partial charge in [-0.15, -0.1) is 0 Å². The maximum Gasteiger partial charge on any atom is 0.363 e. The van der Waals surface area contributed by atoms with E-state index in [4.69, 9.17) is 14.2 Å². The van der Waals surface area contributed by atoms with E-state index in [1.54, 1.807) is 49.6 Å². The number of hydrogen-bond acceptors (Lipinski definition) is 6. The number of aliphatic imine (C=N–C) groups is 1. The number of amides is 1. The van der Waals surface area contributed by atoms with E-state index in [0.29, 0.717) is 29.4 Å². The summed E-state index contributed by atoms with van der Waals surface area (Å²) in [6, 6.07) is 12.2. The predicted octanol–water partition coefficient (Wildman–Crippen LogP) is 3.40. The Kier molecular flexibility index (Phi) is 5.74. The van der Waals surface area contributed by atoms with Gasteiger partial charge in [-0.05, 0) is 55.0 Å². The lowest BCUT2D eigenvalue weighted by atomic mass is 10.1. The number of hydrogen-bond donors (Lipinski definition) is 1. The smallest absolute Gasteiger partial charge is 0.363 e. The lowest BCUT2D eigenvalue weighted by Crippen LogP contribution is -2.07. The van der Waals surface area contributed by atoms with Gasteiger partial charge in [-0.25, -0.2) is 9.79 Å². The topological polar surface area (TPSA) is 86.2 Å². The van der Waals surface area contributed by atoms with E-state index in [1.165, 1.54) is 6.92 Å². The summed E-state index contributed by atoms with van der Waals surface area (Å²) in [5, 5.41) is 2.68. The lowest BCUT2D eigenvalue weighted by Gasteiger charge is -2.09. The number of rotatable bonds is 6. The number of nitrogens with one attached hydrogen (secondary N) is 1. The molecule has 0 atom stereocenters. The van der Waals surface area contributed by atoms with Crippen LogP contribution < -0.4 is 14.8 Å². The van der Waals surface area contributed by atoms with Gasteiger partial charge >= 0.3 is 5.97 Å². The fraction of sp³-hybridized carbons (Fsp3) is 0.190. The minimum Gasteiger partial charge on any atom is -0.493 e. The number of cyclic esters (lactones) is 1. The second kappa shape index (κ2) is 8.39. The molecule has 7 heteroatoms. The summed E-state index contributed by atoms with van der Waals surface area (Å²) in [5.74, 6) is 0.718. The average Bonchev–Trinajstić information content (AvgIpc) is 3.03. The molecule has 0 aliphatic carbocycles. The molecule has 1 aliphatic rings. The van der Waals surface area contributed by atoms with Gasteiger partial charge in [-0.1, -0.05) is 6.07 Å². The van der Waals surface area contributed by atoms with Crippen LogP contribution in [0, 0.1) is 0 Å². The molecule has 1 N–H and O–H groups in total. The first kappa shape index (κ1) is 19.2. The maximum atomic E-state index is 12.2. The number of anilines is 1. The fourth-order valence-corrected chi connectivity index (χ4v) is 2.64. The van der Waals surface area contributed by atoms with Gasteiger partial charge in [0.05, 0.1) is 13.7 Å². The van der Waals surface area contributed by atoms with Crippen molar-refractivity contribution >= 4 is 29.5 Å². The molecule has 144 valence electrons. The van der Waals surface area contributed by atoms with Crippen molar-refractivity contribution < 1.29 is 23.8 Å². The van der Waals surface area contributed by atoms with Crippen molar-refractivity contribution in [2.24, 2.45) is 4.99 Å². The molecule has 1 aliphatic heterocycles. The first-order chi connectivity index (χ1) is 13.5. The molecule has 0 saturated carbocycles. The minimum atomic E-state index is -0.534. The molecule has 0 radical (unpaired) electrons. The van der Waals surface area contributed by atoms with Gasteiger partial charge in [-0.2, -0.15) is 0 Å². The summed E-state index contributed by atoms with van der Waals surface area (Å²) >= 11 is 0. The van der Waals surface area contributed by atoms with E-state index in [0.717, 1.165) is 5.56 Å². The maximum absolute atomic E-state index is 12.2. The quantitative estimate of drug-likeness (QED) is 0.613. The van der Waals surface area contributed by atoms with Gasteiger partial charge in [0.1, 0.15) is 0 Å². The van der Waals surface area contributed by atoms with Crippen LogP contribution in [-0.2, 0) is 14.3 Å². The van der Waals surface area contributed by atoms with Gasteiger partial charge < -0.3 is 19.5 Å². The predicted molar refractivity (Wildman–Crippen MR) is 106 cm³/mol. The van der Waals surface area contributed by atoms with Crippen LogP contribution in [0.3, 0.4) is 0 Å². The van der Waals surface area contributed by atoms with Crippen LogP contribution in [0.5, 0.6) is 11.5 Å². The molecule has 0 unspecified atom stereocenters. The Morgan fingerprint density at radius 2 is 1.93 bits per heavy atom. The first-order valence-corrected chi connectivity index (χ1v) is 8.71. The van der Waals surface area contributed by atoms with Gasteiger partial charge in [0, 0.05) is 18.2 Å². The van der Waals surface area contributed by atoms with E-state index >= 15 is 0 Å². The van der Waals surface area contributed by atoms with E-state index in [9.17, 15) is 9.59 Å². The standard InChI is InChI=1S/C21H20N2O5/c1-4-27-18-10-5-14(12-19(18)26-3)11-17-21(25)28-20(23-17)15-6-8-16(9-7-15)22-13(2)24/h5-12H,4H2,1-3H3,(H,22,24)/b17-11+. The van der Waals surface area contributed by atoms with Crippen molar-refractivity contribution in [3.63, 3.8) is 0 Å². The number of nitrogens with zero attached hydrogens (tertiary/aromatic N) is 1. The summed E-state index contributed by atoms with van der Waals surface area (Å²) in [4.78, 5) is 27.6. The molecular weight excluding hydrogens is 360 g/mol. The van der Waals surface area contributed by atoms with Crippen LogP contribution in [0.4, 0.5) is 5.69 Å². The largest absolute Gasteiger partial charge is 0.493 e. The number of carbonyl (C=O) groups is 2. The Bertz CT molecular complexity index is 961. The van der Waals surface area contributed by atoms with E-state index in [1.807, 2.05) is 13.0 Å². The summed E-state index contributed by atoms with van der Waals surface area (Å²) < 4.78 is 16.1. The zero-order valence-electron chi connectivity index (χ0n) is 15.8. The summed E-state index contributed by atoms with van der Waals surface area (Å²) in [6.07, 6.45) is 1.62. The molecule has 0 fully saturated rings. The Hall–Kier alpha value is -3.61.